The Morgan fingerprint density at radius 2 is 1.95 bits per heavy atom. The number of hydrogen-bond acceptors (Lipinski definition) is 4. The van der Waals surface area contributed by atoms with Crippen LogP contribution in [0.2, 0.25) is 0 Å². The Bertz CT molecular complexity index is 509. The highest BCUT2D eigenvalue weighted by Gasteiger charge is 2.25. The Morgan fingerprint density at radius 1 is 1.33 bits per heavy atom. The normalized spacial score (nSPS) is 12.3. The fourth-order valence-electron chi connectivity index (χ4n) is 1.50. The van der Waals surface area contributed by atoms with Gasteiger partial charge in [0.15, 0.2) is 11.6 Å². The smallest absolute Gasteiger partial charge is 0.224 e. The van der Waals surface area contributed by atoms with Gasteiger partial charge in [-0.1, -0.05) is 0 Å². The summed E-state index contributed by atoms with van der Waals surface area (Å²) in [6.07, 6.45) is 1.54. The zero-order valence-corrected chi connectivity index (χ0v) is 13.4. The predicted octanol–water partition coefficient (Wildman–Crippen LogP) is 2.03. The summed E-state index contributed by atoms with van der Waals surface area (Å²) in [7, 11) is 0. The van der Waals surface area contributed by atoms with Crippen LogP contribution in [0.1, 0.15) is 40.2 Å². The number of aromatic nitrogens is 1. The summed E-state index contributed by atoms with van der Waals surface area (Å²) in [5, 5.41) is 6.08. The van der Waals surface area contributed by atoms with E-state index in [0.717, 1.165) is 0 Å². The average Bonchev–Trinajstić information content (AvgIpc) is 2.35. The number of carbonyl (C=O) groups excluding carboxylic acids is 1. The highest BCUT2D eigenvalue weighted by molar-refractivity contribution is 5.80. The van der Waals surface area contributed by atoms with E-state index in [1.54, 1.807) is 26.1 Å². The molecule has 1 amide bonds. The van der Waals surface area contributed by atoms with Gasteiger partial charge >= 0.3 is 0 Å². The lowest BCUT2D eigenvalue weighted by Crippen LogP contribution is -2.38. The molecule has 1 heterocycles. The molecule has 0 radical (unpaired) electrons. The average molecular weight is 296 g/mol. The number of nitrogens with one attached hydrogen (secondary N) is 2. The van der Waals surface area contributed by atoms with E-state index in [2.05, 4.69) is 15.6 Å². The number of hydrogen-bond donors (Lipinski definition) is 3. The zero-order chi connectivity index (χ0) is 16.3. The SMILES string of the molecule is CC(C)(C)NCc1ccnc(NCC(C)(C)C(N)=O)c1F. The minimum Gasteiger partial charge on any atom is -0.369 e. The molecule has 0 fully saturated rings. The van der Waals surface area contributed by atoms with Crippen molar-refractivity contribution in [3.05, 3.63) is 23.6 Å². The maximum atomic E-state index is 14.3. The summed E-state index contributed by atoms with van der Waals surface area (Å²) in [5.74, 6) is -0.715. The van der Waals surface area contributed by atoms with Crippen molar-refractivity contribution in [1.82, 2.24) is 10.3 Å². The number of nitrogens with zero attached hydrogens (tertiary/aromatic N) is 1. The van der Waals surface area contributed by atoms with Crippen LogP contribution in [0.15, 0.2) is 12.3 Å². The number of amides is 1. The number of halogens is 1. The van der Waals surface area contributed by atoms with Crippen LogP contribution in [0.4, 0.5) is 10.2 Å². The molecule has 118 valence electrons. The molecular weight excluding hydrogens is 271 g/mol. The van der Waals surface area contributed by atoms with Crippen molar-refractivity contribution in [2.75, 3.05) is 11.9 Å². The molecule has 1 aromatic heterocycles. The zero-order valence-electron chi connectivity index (χ0n) is 13.4. The molecule has 4 N–H and O–H groups in total. The number of carbonyl (C=O) groups is 1. The van der Waals surface area contributed by atoms with Gasteiger partial charge < -0.3 is 16.4 Å². The molecule has 0 saturated heterocycles. The lowest BCUT2D eigenvalue weighted by molar-refractivity contribution is -0.125. The molecule has 0 aliphatic carbocycles. The molecule has 0 bridgehead atoms. The first-order chi connectivity index (χ1) is 9.53. The van der Waals surface area contributed by atoms with Crippen LogP contribution in [0.3, 0.4) is 0 Å². The van der Waals surface area contributed by atoms with Crippen molar-refractivity contribution in [2.24, 2.45) is 11.1 Å². The Kier molecular flexibility index (Phi) is 5.28. The summed E-state index contributed by atoms with van der Waals surface area (Å²) >= 11 is 0. The van der Waals surface area contributed by atoms with Gasteiger partial charge in [0.25, 0.3) is 0 Å². The number of anilines is 1. The first-order valence-electron chi connectivity index (χ1n) is 6.95. The van der Waals surface area contributed by atoms with Crippen LogP contribution in [-0.4, -0.2) is 23.0 Å². The van der Waals surface area contributed by atoms with Crippen molar-refractivity contribution < 1.29 is 9.18 Å². The van der Waals surface area contributed by atoms with Gasteiger partial charge in [0.2, 0.25) is 5.91 Å². The highest BCUT2D eigenvalue weighted by atomic mass is 19.1. The summed E-state index contributed by atoms with van der Waals surface area (Å²) in [6, 6.07) is 1.64. The Hall–Kier alpha value is -1.69. The molecule has 0 aliphatic rings. The number of primary amides is 1. The van der Waals surface area contributed by atoms with Crippen LogP contribution < -0.4 is 16.4 Å². The van der Waals surface area contributed by atoms with Crippen molar-refractivity contribution in [2.45, 2.75) is 46.7 Å². The third-order valence-electron chi connectivity index (χ3n) is 3.14. The number of rotatable bonds is 6. The van der Waals surface area contributed by atoms with Gasteiger partial charge in [0.1, 0.15) is 0 Å². The highest BCUT2D eigenvalue weighted by Crippen LogP contribution is 2.19. The van der Waals surface area contributed by atoms with Gasteiger partial charge in [0, 0.05) is 30.4 Å². The van der Waals surface area contributed by atoms with E-state index >= 15 is 0 Å². The van der Waals surface area contributed by atoms with Gasteiger partial charge in [-0.25, -0.2) is 9.37 Å². The molecule has 0 atom stereocenters. The molecule has 1 rings (SSSR count). The van der Waals surface area contributed by atoms with E-state index in [1.807, 2.05) is 20.8 Å². The lowest BCUT2D eigenvalue weighted by atomic mass is 9.93. The Labute approximate surface area is 125 Å². The largest absolute Gasteiger partial charge is 0.369 e. The molecule has 0 spiro atoms. The van der Waals surface area contributed by atoms with Gasteiger partial charge in [-0.05, 0) is 40.7 Å². The van der Waals surface area contributed by atoms with Crippen molar-refractivity contribution in [3.8, 4) is 0 Å². The van der Waals surface area contributed by atoms with Gasteiger partial charge in [0.05, 0.1) is 5.41 Å². The van der Waals surface area contributed by atoms with Gasteiger partial charge in [-0.2, -0.15) is 0 Å². The minimum absolute atomic E-state index is 0.0999. The molecule has 0 aromatic carbocycles. The van der Waals surface area contributed by atoms with Crippen LogP contribution >= 0.6 is 0 Å². The van der Waals surface area contributed by atoms with E-state index < -0.39 is 17.1 Å². The Balaban J connectivity index is 2.79. The maximum Gasteiger partial charge on any atom is 0.224 e. The van der Waals surface area contributed by atoms with E-state index in [1.165, 1.54) is 0 Å². The monoisotopic (exact) mass is 296 g/mol. The molecule has 6 heteroatoms. The van der Waals surface area contributed by atoms with Gasteiger partial charge in [-0.15, -0.1) is 0 Å². The topological polar surface area (TPSA) is 80.0 Å². The fraction of sp³-hybridized carbons (Fsp3) is 0.600. The minimum atomic E-state index is -0.770. The van der Waals surface area contributed by atoms with E-state index in [9.17, 15) is 9.18 Å². The van der Waals surface area contributed by atoms with Crippen LogP contribution in [0, 0.1) is 11.2 Å². The number of nitrogens with two attached hydrogens (primary N) is 1. The summed E-state index contributed by atoms with van der Waals surface area (Å²) in [6.45, 7) is 10.1. The summed E-state index contributed by atoms with van der Waals surface area (Å²) in [4.78, 5) is 15.2. The third-order valence-corrected chi connectivity index (χ3v) is 3.14. The first-order valence-corrected chi connectivity index (χ1v) is 6.95. The molecule has 5 nitrogen and oxygen atoms in total. The van der Waals surface area contributed by atoms with E-state index in [0.29, 0.717) is 12.1 Å². The first kappa shape index (κ1) is 17.4. The molecule has 1 aromatic rings. The van der Waals surface area contributed by atoms with Crippen molar-refractivity contribution in [3.63, 3.8) is 0 Å². The second kappa shape index (κ2) is 6.39. The van der Waals surface area contributed by atoms with E-state index in [4.69, 9.17) is 5.73 Å². The predicted molar refractivity (Wildman–Crippen MR) is 82.3 cm³/mol. The van der Waals surface area contributed by atoms with Gasteiger partial charge in [-0.3, -0.25) is 4.79 Å². The quantitative estimate of drug-likeness (QED) is 0.750. The van der Waals surface area contributed by atoms with Crippen LogP contribution in [0.25, 0.3) is 0 Å². The summed E-state index contributed by atoms with van der Waals surface area (Å²) < 4.78 is 14.3. The van der Waals surface area contributed by atoms with Crippen LogP contribution in [-0.2, 0) is 11.3 Å². The molecule has 0 aliphatic heterocycles. The Morgan fingerprint density at radius 3 is 2.48 bits per heavy atom. The van der Waals surface area contributed by atoms with E-state index in [-0.39, 0.29) is 17.9 Å². The fourth-order valence-corrected chi connectivity index (χ4v) is 1.50. The molecular formula is C15H25FN4O. The molecule has 21 heavy (non-hydrogen) atoms. The maximum absolute atomic E-state index is 14.3. The van der Waals surface area contributed by atoms with Crippen LogP contribution in [0.5, 0.6) is 0 Å². The second-order valence-corrected chi connectivity index (χ2v) is 6.84. The molecule has 0 unspecified atom stereocenters. The number of pyridine rings is 1. The van der Waals surface area contributed by atoms with Crippen molar-refractivity contribution in [1.29, 1.82) is 0 Å². The third kappa shape index (κ3) is 5.30. The standard InChI is InChI=1S/C15H25FN4O/c1-14(2,3)20-8-10-6-7-18-12(11(10)16)19-9-15(4,5)13(17)21/h6-7,20H,8-9H2,1-5H3,(H2,17,21)(H,18,19). The second-order valence-electron chi connectivity index (χ2n) is 6.84. The summed E-state index contributed by atoms with van der Waals surface area (Å²) in [5.41, 5.74) is 4.95. The molecule has 0 saturated carbocycles. The lowest BCUT2D eigenvalue weighted by Gasteiger charge is -2.22. The van der Waals surface area contributed by atoms with Crippen molar-refractivity contribution >= 4 is 11.7 Å².